The summed E-state index contributed by atoms with van der Waals surface area (Å²) in [4.78, 5) is 0. The fourth-order valence-corrected chi connectivity index (χ4v) is 2.47. The molecule has 0 radical (unpaired) electrons. The first-order chi connectivity index (χ1) is 10.1. The fourth-order valence-electron chi connectivity index (χ4n) is 2.24. The molecule has 2 heterocycles. The Balaban J connectivity index is 0.00000176. The van der Waals surface area contributed by atoms with Crippen molar-refractivity contribution in [2.45, 2.75) is 0 Å². The third-order valence-electron chi connectivity index (χ3n) is 3.40. The van der Waals surface area contributed by atoms with Gasteiger partial charge in [0.25, 0.3) is 5.82 Å². The van der Waals surface area contributed by atoms with Crippen molar-refractivity contribution in [1.29, 1.82) is 0 Å². The van der Waals surface area contributed by atoms with Crippen LogP contribution in [0, 0.1) is 0 Å². The van der Waals surface area contributed by atoms with Crippen LogP contribution in [0.25, 0.3) is 23.5 Å². The molecule has 0 aliphatic carbocycles. The summed E-state index contributed by atoms with van der Waals surface area (Å²) in [6.45, 7) is 0. The van der Waals surface area contributed by atoms with Gasteiger partial charge in [-0.3, -0.25) is 0 Å². The van der Waals surface area contributed by atoms with Crippen LogP contribution in [0.2, 0.25) is 5.02 Å². The van der Waals surface area contributed by atoms with Crippen LogP contribution >= 0.6 is 11.6 Å². The van der Waals surface area contributed by atoms with Crippen LogP contribution in [0.4, 0.5) is 0 Å². The molecule has 114 valence electrons. The molecule has 0 unspecified atom stereocenters. The lowest BCUT2D eigenvalue weighted by Gasteiger charge is -1.98. The van der Waals surface area contributed by atoms with Crippen LogP contribution in [0.1, 0.15) is 11.6 Å². The molecule has 0 N–H and O–H groups in total. The second-order valence-corrected chi connectivity index (χ2v) is 5.30. The molecule has 3 nitrogen and oxygen atoms in total. The maximum atomic E-state index is 6.18. The third kappa shape index (κ3) is 3.44. The molecule has 0 amide bonds. The van der Waals surface area contributed by atoms with Gasteiger partial charge in [0, 0.05) is 11.6 Å². The van der Waals surface area contributed by atoms with Crippen LogP contribution < -0.4 is 28.5 Å². The lowest BCUT2D eigenvalue weighted by molar-refractivity contribution is -0.672. The molecule has 0 bridgehead atoms. The van der Waals surface area contributed by atoms with Crippen molar-refractivity contribution in [2.75, 3.05) is 0 Å². The molecule has 0 atom stereocenters. The molecule has 22 heavy (non-hydrogen) atoms. The summed E-state index contributed by atoms with van der Waals surface area (Å²) in [6, 6.07) is 11.5. The van der Waals surface area contributed by atoms with E-state index in [9.17, 15) is 0 Å². The van der Waals surface area contributed by atoms with E-state index in [4.69, 9.17) is 16.0 Å². The molecule has 0 aliphatic heterocycles. The van der Waals surface area contributed by atoms with Crippen LogP contribution in [0.3, 0.4) is 0 Å². The van der Waals surface area contributed by atoms with E-state index in [1.165, 1.54) is 0 Å². The van der Waals surface area contributed by atoms with Crippen molar-refractivity contribution in [1.82, 2.24) is 4.57 Å². The zero-order valence-corrected chi connectivity index (χ0v) is 15.2. The number of furan rings is 1. The molecule has 3 aromatic rings. The minimum Gasteiger partial charge on any atom is -1.00 e. The van der Waals surface area contributed by atoms with Crippen LogP contribution in [-0.2, 0) is 14.1 Å². The predicted octanol–water partition coefficient (Wildman–Crippen LogP) is 0.937. The van der Waals surface area contributed by atoms with Crippen molar-refractivity contribution in [2.24, 2.45) is 14.1 Å². The zero-order chi connectivity index (χ0) is 14.8. The number of aromatic nitrogens is 2. The maximum absolute atomic E-state index is 6.18. The number of aryl methyl sites for hydroxylation is 2. The van der Waals surface area contributed by atoms with E-state index in [-0.39, 0.29) is 24.0 Å². The van der Waals surface area contributed by atoms with Gasteiger partial charge in [0.2, 0.25) is 0 Å². The number of imidazole rings is 1. The second-order valence-electron chi connectivity index (χ2n) is 4.89. The molecule has 0 spiro atoms. The lowest BCUT2D eigenvalue weighted by atomic mass is 10.2. The average molecular weight is 427 g/mol. The monoisotopic (exact) mass is 426 g/mol. The quantitative estimate of drug-likeness (QED) is 0.451. The predicted molar refractivity (Wildman–Crippen MR) is 84.7 cm³/mol. The standard InChI is InChI=1S/C17H16ClN2O.HI/c1-19-11-12-20(2)17(19)10-8-13-7-9-16(21-13)14-5-3-4-6-15(14)18;/h3-12H,1-2H3;1H/q+1;/p-1/b10-8+;. The SMILES string of the molecule is Cn1cc[n+](C)c1/C=C/c1ccc(-c2ccccc2Cl)o1.[I-]. The first-order valence-electron chi connectivity index (χ1n) is 6.69. The molecule has 0 fully saturated rings. The van der Waals surface area contributed by atoms with Gasteiger partial charge in [0.15, 0.2) is 0 Å². The number of nitrogens with zero attached hydrogens (tertiary/aromatic N) is 2. The van der Waals surface area contributed by atoms with Gasteiger partial charge >= 0.3 is 0 Å². The molecule has 0 aliphatic rings. The van der Waals surface area contributed by atoms with Crippen molar-refractivity contribution in [3.8, 4) is 11.3 Å². The Hall–Kier alpha value is -1.53. The molecular weight excluding hydrogens is 411 g/mol. The Morgan fingerprint density at radius 1 is 1.14 bits per heavy atom. The van der Waals surface area contributed by atoms with E-state index < -0.39 is 0 Å². The van der Waals surface area contributed by atoms with E-state index in [1.54, 1.807) is 0 Å². The minimum atomic E-state index is 0. The molecule has 1 aromatic carbocycles. The van der Waals surface area contributed by atoms with Crippen molar-refractivity contribution in [3.05, 3.63) is 65.4 Å². The van der Waals surface area contributed by atoms with Crippen LogP contribution in [0.15, 0.2) is 53.2 Å². The Labute approximate surface area is 151 Å². The van der Waals surface area contributed by atoms with E-state index in [1.807, 2.05) is 75.0 Å². The van der Waals surface area contributed by atoms with E-state index in [2.05, 4.69) is 9.13 Å². The largest absolute Gasteiger partial charge is 1.00 e. The number of rotatable bonds is 3. The normalized spacial score (nSPS) is 10.9. The average Bonchev–Trinajstić information content (AvgIpc) is 3.05. The van der Waals surface area contributed by atoms with Gasteiger partial charge in [-0.2, -0.15) is 0 Å². The molecule has 3 rings (SSSR count). The lowest BCUT2D eigenvalue weighted by Crippen LogP contribution is -3.00. The molecule has 0 saturated carbocycles. The summed E-state index contributed by atoms with van der Waals surface area (Å²) in [6.07, 6.45) is 8.00. The summed E-state index contributed by atoms with van der Waals surface area (Å²) in [5, 5.41) is 0.691. The molecule has 0 saturated heterocycles. The van der Waals surface area contributed by atoms with Gasteiger partial charge in [-0.05, 0) is 30.3 Å². The van der Waals surface area contributed by atoms with Gasteiger partial charge in [-0.1, -0.05) is 23.7 Å². The Bertz CT molecular complexity index is 785. The zero-order valence-electron chi connectivity index (χ0n) is 12.3. The van der Waals surface area contributed by atoms with Crippen molar-refractivity contribution >= 4 is 23.8 Å². The third-order valence-corrected chi connectivity index (χ3v) is 3.73. The smallest absolute Gasteiger partial charge is 0.281 e. The summed E-state index contributed by atoms with van der Waals surface area (Å²) >= 11 is 6.18. The first kappa shape index (κ1) is 16.8. The van der Waals surface area contributed by atoms with Crippen molar-refractivity contribution < 1.29 is 33.0 Å². The van der Waals surface area contributed by atoms with Gasteiger partial charge in [0.1, 0.15) is 23.9 Å². The Morgan fingerprint density at radius 3 is 2.59 bits per heavy atom. The summed E-state index contributed by atoms with van der Waals surface area (Å²) in [5.74, 6) is 2.66. The topological polar surface area (TPSA) is 21.9 Å². The van der Waals surface area contributed by atoms with E-state index in [0.717, 1.165) is 22.9 Å². The van der Waals surface area contributed by atoms with E-state index in [0.29, 0.717) is 5.02 Å². The molecular formula is C17H16ClIN2O. The van der Waals surface area contributed by atoms with Crippen LogP contribution in [-0.4, -0.2) is 4.57 Å². The highest BCUT2D eigenvalue weighted by molar-refractivity contribution is 6.33. The first-order valence-corrected chi connectivity index (χ1v) is 7.07. The highest BCUT2D eigenvalue weighted by Gasteiger charge is 2.09. The highest BCUT2D eigenvalue weighted by Crippen LogP contribution is 2.29. The number of halogens is 2. The van der Waals surface area contributed by atoms with Gasteiger partial charge in [0.05, 0.1) is 19.1 Å². The Morgan fingerprint density at radius 2 is 1.91 bits per heavy atom. The maximum Gasteiger partial charge on any atom is 0.281 e. The van der Waals surface area contributed by atoms with Crippen LogP contribution in [0.5, 0.6) is 0 Å². The number of benzene rings is 1. The van der Waals surface area contributed by atoms with Gasteiger partial charge in [-0.25, -0.2) is 9.13 Å². The summed E-state index contributed by atoms with van der Waals surface area (Å²) in [5.41, 5.74) is 0.906. The van der Waals surface area contributed by atoms with Crippen molar-refractivity contribution in [3.63, 3.8) is 0 Å². The highest BCUT2D eigenvalue weighted by atomic mass is 127. The second kappa shape index (κ2) is 7.15. The number of hydrogen-bond acceptors (Lipinski definition) is 1. The molecule has 5 heteroatoms. The number of hydrogen-bond donors (Lipinski definition) is 0. The summed E-state index contributed by atoms with van der Waals surface area (Å²) < 4.78 is 9.94. The van der Waals surface area contributed by atoms with E-state index >= 15 is 0 Å². The van der Waals surface area contributed by atoms with Gasteiger partial charge in [-0.15, -0.1) is 0 Å². The molecule has 2 aromatic heterocycles. The van der Waals surface area contributed by atoms with Gasteiger partial charge < -0.3 is 28.4 Å². The minimum absolute atomic E-state index is 0. The fraction of sp³-hybridized carbons (Fsp3) is 0.118. The Kier molecular flexibility index (Phi) is 5.47. The summed E-state index contributed by atoms with van der Waals surface area (Å²) in [7, 11) is 4.02.